The Balaban J connectivity index is 2.99. The van der Waals surface area contributed by atoms with Gasteiger partial charge in [-0.15, -0.1) is 0 Å². The average molecular weight is 256 g/mol. The molecule has 0 aromatic heterocycles. The first-order chi connectivity index (χ1) is 8.61. The number of rotatable bonds is 7. The lowest BCUT2D eigenvalue weighted by atomic mass is 10.2. The van der Waals surface area contributed by atoms with E-state index in [2.05, 4.69) is 13.8 Å². The summed E-state index contributed by atoms with van der Waals surface area (Å²) in [5, 5.41) is 0. The molecule has 1 rings (SSSR count). The Labute approximate surface area is 108 Å². The predicted molar refractivity (Wildman–Crippen MR) is 72.8 cm³/mol. The minimum Gasteiger partial charge on any atom is -0.397 e. The Morgan fingerprint density at radius 2 is 1.61 bits per heavy atom. The van der Waals surface area contributed by atoms with E-state index in [0.29, 0.717) is 18.8 Å². The van der Waals surface area contributed by atoms with Gasteiger partial charge in [0.25, 0.3) is 0 Å². The summed E-state index contributed by atoms with van der Waals surface area (Å²) >= 11 is 0. The molecular formula is C14H22F2N2. The van der Waals surface area contributed by atoms with Crippen molar-refractivity contribution in [3.8, 4) is 0 Å². The molecular weight excluding hydrogens is 234 g/mol. The van der Waals surface area contributed by atoms with Gasteiger partial charge in [0.05, 0.1) is 11.4 Å². The van der Waals surface area contributed by atoms with Crippen LogP contribution in [0.5, 0.6) is 0 Å². The SMILES string of the molecule is CCCCN(CCCC)c1c(N)ccc(F)c1F. The number of benzene rings is 1. The zero-order valence-corrected chi connectivity index (χ0v) is 11.2. The second kappa shape index (κ2) is 7.19. The highest BCUT2D eigenvalue weighted by Gasteiger charge is 2.17. The van der Waals surface area contributed by atoms with Crippen molar-refractivity contribution in [2.75, 3.05) is 23.7 Å². The van der Waals surface area contributed by atoms with Crippen LogP contribution in [0, 0.1) is 11.6 Å². The maximum Gasteiger partial charge on any atom is 0.184 e. The summed E-state index contributed by atoms with van der Waals surface area (Å²) < 4.78 is 27.2. The van der Waals surface area contributed by atoms with Gasteiger partial charge in [0, 0.05) is 13.1 Å². The molecule has 0 bridgehead atoms. The summed E-state index contributed by atoms with van der Waals surface area (Å²) in [5.41, 5.74) is 6.31. The molecule has 1 aromatic carbocycles. The van der Waals surface area contributed by atoms with Gasteiger partial charge in [0.1, 0.15) is 0 Å². The monoisotopic (exact) mass is 256 g/mol. The maximum atomic E-state index is 13.9. The molecule has 102 valence electrons. The van der Waals surface area contributed by atoms with Crippen LogP contribution in [0.25, 0.3) is 0 Å². The smallest absolute Gasteiger partial charge is 0.184 e. The van der Waals surface area contributed by atoms with E-state index in [1.165, 1.54) is 6.07 Å². The molecule has 0 saturated carbocycles. The fraction of sp³-hybridized carbons (Fsp3) is 0.571. The van der Waals surface area contributed by atoms with Crippen LogP contribution in [-0.4, -0.2) is 13.1 Å². The third-order valence-corrected chi connectivity index (χ3v) is 2.98. The maximum absolute atomic E-state index is 13.9. The molecule has 0 heterocycles. The molecule has 0 saturated heterocycles. The van der Waals surface area contributed by atoms with Crippen molar-refractivity contribution < 1.29 is 8.78 Å². The Morgan fingerprint density at radius 1 is 1.06 bits per heavy atom. The van der Waals surface area contributed by atoms with E-state index in [1.54, 1.807) is 0 Å². The van der Waals surface area contributed by atoms with E-state index in [1.807, 2.05) is 4.90 Å². The lowest BCUT2D eigenvalue weighted by molar-refractivity contribution is 0.504. The third kappa shape index (κ3) is 3.59. The summed E-state index contributed by atoms with van der Waals surface area (Å²) in [7, 11) is 0. The number of nitrogens with two attached hydrogens (primary N) is 1. The lowest BCUT2D eigenvalue weighted by Gasteiger charge is -2.26. The first kappa shape index (κ1) is 14.7. The van der Waals surface area contributed by atoms with E-state index < -0.39 is 11.6 Å². The fourth-order valence-electron chi connectivity index (χ4n) is 1.91. The van der Waals surface area contributed by atoms with Gasteiger partial charge < -0.3 is 10.6 Å². The first-order valence-electron chi connectivity index (χ1n) is 6.60. The van der Waals surface area contributed by atoms with Gasteiger partial charge in [-0.1, -0.05) is 26.7 Å². The molecule has 0 spiro atoms. The molecule has 0 amide bonds. The van der Waals surface area contributed by atoms with E-state index in [-0.39, 0.29) is 5.69 Å². The summed E-state index contributed by atoms with van der Waals surface area (Å²) in [6.07, 6.45) is 3.91. The number of halogens is 2. The van der Waals surface area contributed by atoms with Gasteiger partial charge in [-0.3, -0.25) is 0 Å². The van der Waals surface area contributed by atoms with Crippen LogP contribution in [0.3, 0.4) is 0 Å². The van der Waals surface area contributed by atoms with Crippen molar-refractivity contribution in [2.45, 2.75) is 39.5 Å². The highest BCUT2D eigenvalue weighted by atomic mass is 19.2. The van der Waals surface area contributed by atoms with Gasteiger partial charge in [-0.05, 0) is 25.0 Å². The molecule has 0 aliphatic rings. The van der Waals surface area contributed by atoms with Crippen LogP contribution in [-0.2, 0) is 0 Å². The topological polar surface area (TPSA) is 29.3 Å². The van der Waals surface area contributed by atoms with Crippen LogP contribution in [0.2, 0.25) is 0 Å². The summed E-state index contributed by atoms with van der Waals surface area (Å²) in [5.74, 6) is -1.67. The van der Waals surface area contributed by atoms with Crippen molar-refractivity contribution in [1.82, 2.24) is 0 Å². The predicted octanol–water partition coefficient (Wildman–Crippen LogP) is 3.95. The Morgan fingerprint density at radius 3 is 2.11 bits per heavy atom. The van der Waals surface area contributed by atoms with Crippen LogP contribution in [0.4, 0.5) is 20.2 Å². The first-order valence-corrected chi connectivity index (χ1v) is 6.60. The van der Waals surface area contributed by atoms with Crippen LogP contribution in [0.15, 0.2) is 12.1 Å². The molecule has 0 aliphatic heterocycles. The molecule has 0 radical (unpaired) electrons. The number of hydrogen-bond acceptors (Lipinski definition) is 2. The Kier molecular flexibility index (Phi) is 5.89. The zero-order chi connectivity index (χ0) is 13.5. The van der Waals surface area contributed by atoms with Crippen molar-refractivity contribution >= 4 is 11.4 Å². The number of nitrogens with zero attached hydrogens (tertiary/aromatic N) is 1. The molecule has 2 N–H and O–H groups in total. The van der Waals surface area contributed by atoms with E-state index in [0.717, 1.165) is 31.7 Å². The summed E-state index contributed by atoms with van der Waals surface area (Å²) in [4.78, 5) is 1.86. The quantitative estimate of drug-likeness (QED) is 0.748. The molecule has 0 atom stereocenters. The van der Waals surface area contributed by atoms with Gasteiger partial charge >= 0.3 is 0 Å². The molecule has 4 heteroatoms. The minimum atomic E-state index is -0.836. The molecule has 0 fully saturated rings. The molecule has 1 aromatic rings. The molecule has 0 unspecified atom stereocenters. The molecule has 2 nitrogen and oxygen atoms in total. The fourth-order valence-corrected chi connectivity index (χ4v) is 1.91. The van der Waals surface area contributed by atoms with Gasteiger partial charge in [-0.2, -0.15) is 0 Å². The molecule has 18 heavy (non-hydrogen) atoms. The van der Waals surface area contributed by atoms with Crippen molar-refractivity contribution in [1.29, 1.82) is 0 Å². The van der Waals surface area contributed by atoms with Crippen LogP contribution in [0.1, 0.15) is 39.5 Å². The Bertz CT molecular complexity index is 372. The minimum absolute atomic E-state index is 0.219. The molecule has 0 aliphatic carbocycles. The van der Waals surface area contributed by atoms with Gasteiger partial charge in [0.15, 0.2) is 11.6 Å². The highest BCUT2D eigenvalue weighted by Crippen LogP contribution is 2.29. The zero-order valence-electron chi connectivity index (χ0n) is 11.2. The van der Waals surface area contributed by atoms with Crippen LogP contribution >= 0.6 is 0 Å². The average Bonchev–Trinajstić information content (AvgIpc) is 2.36. The highest BCUT2D eigenvalue weighted by molar-refractivity contribution is 5.68. The van der Waals surface area contributed by atoms with E-state index in [9.17, 15) is 8.78 Å². The number of hydrogen-bond donors (Lipinski definition) is 1. The van der Waals surface area contributed by atoms with Gasteiger partial charge in [-0.25, -0.2) is 8.78 Å². The number of unbranched alkanes of at least 4 members (excludes halogenated alkanes) is 2. The second-order valence-electron chi connectivity index (χ2n) is 4.49. The third-order valence-electron chi connectivity index (χ3n) is 2.98. The Hall–Kier alpha value is -1.32. The van der Waals surface area contributed by atoms with E-state index >= 15 is 0 Å². The number of nitrogen functional groups attached to an aromatic ring is 1. The van der Waals surface area contributed by atoms with Crippen molar-refractivity contribution in [3.05, 3.63) is 23.8 Å². The van der Waals surface area contributed by atoms with Crippen molar-refractivity contribution in [3.63, 3.8) is 0 Å². The summed E-state index contributed by atoms with van der Waals surface area (Å²) in [6.45, 7) is 5.56. The normalized spacial score (nSPS) is 10.7. The number of anilines is 2. The van der Waals surface area contributed by atoms with Crippen LogP contribution < -0.4 is 10.6 Å². The van der Waals surface area contributed by atoms with Crippen molar-refractivity contribution in [2.24, 2.45) is 0 Å². The standard InChI is InChI=1S/C14H22F2N2/c1-3-5-9-18(10-6-4-2)14-12(17)8-7-11(15)13(14)16/h7-8H,3-6,9-10,17H2,1-2H3. The van der Waals surface area contributed by atoms with E-state index in [4.69, 9.17) is 5.73 Å². The summed E-state index contributed by atoms with van der Waals surface area (Å²) in [6, 6.07) is 2.50. The lowest BCUT2D eigenvalue weighted by Crippen LogP contribution is -2.27. The largest absolute Gasteiger partial charge is 0.397 e. The van der Waals surface area contributed by atoms with Gasteiger partial charge in [0.2, 0.25) is 0 Å². The second-order valence-corrected chi connectivity index (χ2v) is 4.49.